The van der Waals surface area contributed by atoms with Crippen molar-refractivity contribution in [3.63, 3.8) is 0 Å². The fraction of sp³-hybridized carbons (Fsp3) is 0. The minimum Gasteiger partial charge on any atom is -0.355 e. The maximum absolute atomic E-state index is 3.80. The van der Waals surface area contributed by atoms with Gasteiger partial charge in [0.1, 0.15) is 0 Å². The van der Waals surface area contributed by atoms with Crippen molar-refractivity contribution in [2.24, 2.45) is 0 Å². The van der Waals surface area contributed by atoms with Crippen LogP contribution >= 0.6 is 0 Å². The summed E-state index contributed by atoms with van der Waals surface area (Å²) in [4.78, 5) is 0. The summed E-state index contributed by atoms with van der Waals surface area (Å²) in [6.45, 7) is 0. The third-order valence-electron chi connectivity index (χ3n) is 10.1. The number of anilines is 2. The fourth-order valence-electron chi connectivity index (χ4n) is 7.96. The largest absolute Gasteiger partial charge is 0.355 e. The minimum atomic E-state index is 1.06. The molecule has 10 rings (SSSR count). The molecule has 0 spiro atoms. The number of nitrogens with one attached hydrogen (secondary N) is 1. The van der Waals surface area contributed by atoms with Gasteiger partial charge in [-0.2, -0.15) is 0 Å². The van der Waals surface area contributed by atoms with Crippen LogP contribution in [0.5, 0.6) is 0 Å². The quantitative estimate of drug-likeness (QED) is 0.186. The van der Waals surface area contributed by atoms with Crippen molar-refractivity contribution < 1.29 is 0 Å². The Morgan fingerprint density at radius 1 is 0.380 bits per heavy atom. The number of fused-ring (bicyclic) bond motifs is 10. The molecule has 0 atom stereocenters. The molecule has 0 saturated carbocycles. The molecule has 1 N–H and O–H groups in total. The lowest BCUT2D eigenvalue weighted by Crippen LogP contribution is -1.98. The average molecular weight is 637 g/mol. The average Bonchev–Trinajstić information content (AvgIpc) is 3.54. The topological polar surface area (TPSA) is 17.0 Å². The molecule has 1 aromatic heterocycles. The van der Waals surface area contributed by atoms with Gasteiger partial charge in [0.25, 0.3) is 0 Å². The highest BCUT2D eigenvalue weighted by Crippen LogP contribution is 2.49. The standard InChI is InChI=1S/C48H32N2/c1-4-16-32(17-5-1)33-28-29-43(49-35-19-6-2-7-20-35)41(30-33)42-31-34-18-10-11-23-37(34)47-45(42)38-24-12-13-25-39(38)46-40-26-14-15-27-44(40)50(48(46)47)36-21-8-3-9-22-36/h1-31,49H. The summed E-state index contributed by atoms with van der Waals surface area (Å²) in [5.74, 6) is 0. The van der Waals surface area contributed by atoms with Crippen LogP contribution in [-0.2, 0) is 0 Å². The van der Waals surface area contributed by atoms with Crippen LogP contribution in [0.1, 0.15) is 0 Å². The van der Waals surface area contributed by atoms with Gasteiger partial charge in [0.2, 0.25) is 0 Å². The van der Waals surface area contributed by atoms with Gasteiger partial charge in [-0.25, -0.2) is 0 Å². The number of para-hydroxylation sites is 3. The predicted octanol–water partition coefficient (Wildman–Crippen LogP) is 13.3. The van der Waals surface area contributed by atoms with E-state index in [1.807, 2.05) is 0 Å². The maximum Gasteiger partial charge on any atom is 0.0632 e. The molecule has 0 aliphatic rings. The molecule has 1 heterocycles. The lowest BCUT2D eigenvalue weighted by atomic mass is 9.86. The highest BCUT2D eigenvalue weighted by atomic mass is 15.0. The zero-order chi connectivity index (χ0) is 33.0. The van der Waals surface area contributed by atoms with E-state index in [4.69, 9.17) is 0 Å². The number of hydrogen-bond acceptors (Lipinski definition) is 1. The number of benzene rings is 9. The first-order valence-electron chi connectivity index (χ1n) is 17.2. The van der Waals surface area contributed by atoms with Crippen LogP contribution in [0.3, 0.4) is 0 Å². The third-order valence-corrected chi connectivity index (χ3v) is 10.1. The molecule has 50 heavy (non-hydrogen) atoms. The van der Waals surface area contributed by atoms with E-state index in [0.29, 0.717) is 0 Å². The minimum absolute atomic E-state index is 1.06. The summed E-state index contributed by atoms with van der Waals surface area (Å²) in [6, 6.07) is 68.0. The fourth-order valence-corrected chi connectivity index (χ4v) is 7.96. The van der Waals surface area contributed by atoms with Gasteiger partial charge in [-0.1, -0.05) is 140 Å². The van der Waals surface area contributed by atoms with Crippen LogP contribution in [0, 0.1) is 0 Å². The molecule has 0 amide bonds. The summed E-state index contributed by atoms with van der Waals surface area (Å²) in [7, 11) is 0. The summed E-state index contributed by atoms with van der Waals surface area (Å²) >= 11 is 0. The molecule has 0 saturated heterocycles. The molecular weight excluding hydrogens is 605 g/mol. The molecule has 0 radical (unpaired) electrons. The third kappa shape index (κ3) is 4.43. The summed E-state index contributed by atoms with van der Waals surface area (Å²) in [5.41, 5.74) is 10.5. The summed E-state index contributed by atoms with van der Waals surface area (Å²) < 4.78 is 2.49. The molecule has 0 unspecified atom stereocenters. The Kier molecular flexibility index (Phi) is 6.53. The normalized spacial score (nSPS) is 11.6. The van der Waals surface area contributed by atoms with Crippen LogP contribution in [0.25, 0.3) is 82.1 Å². The first-order valence-corrected chi connectivity index (χ1v) is 17.2. The van der Waals surface area contributed by atoms with Crippen molar-refractivity contribution in [2.75, 3.05) is 5.32 Å². The molecule has 2 nitrogen and oxygen atoms in total. The highest BCUT2D eigenvalue weighted by molar-refractivity contribution is 6.38. The Labute approximate surface area is 290 Å². The molecule has 10 aromatic rings. The van der Waals surface area contributed by atoms with Crippen LogP contribution < -0.4 is 5.32 Å². The highest BCUT2D eigenvalue weighted by Gasteiger charge is 2.23. The zero-order valence-corrected chi connectivity index (χ0v) is 27.3. The van der Waals surface area contributed by atoms with Crippen molar-refractivity contribution in [1.82, 2.24) is 4.57 Å². The molecule has 0 fully saturated rings. The van der Waals surface area contributed by atoms with Crippen molar-refractivity contribution >= 4 is 65.5 Å². The van der Waals surface area contributed by atoms with E-state index in [1.54, 1.807) is 0 Å². The van der Waals surface area contributed by atoms with Crippen molar-refractivity contribution in [3.8, 4) is 27.9 Å². The van der Waals surface area contributed by atoms with E-state index in [9.17, 15) is 0 Å². The second-order valence-corrected chi connectivity index (χ2v) is 13.0. The molecule has 234 valence electrons. The first-order chi connectivity index (χ1) is 24.8. The monoisotopic (exact) mass is 636 g/mol. The molecule has 9 aromatic carbocycles. The van der Waals surface area contributed by atoms with Gasteiger partial charge in [-0.15, -0.1) is 0 Å². The second kappa shape index (κ2) is 11.5. The van der Waals surface area contributed by atoms with E-state index in [-0.39, 0.29) is 0 Å². The number of rotatable bonds is 5. The van der Waals surface area contributed by atoms with Gasteiger partial charge in [0.15, 0.2) is 0 Å². The predicted molar refractivity (Wildman–Crippen MR) is 214 cm³/mol. The lowest BCUT2D eigenvalue weighted by Gasteiger charge is -2.20. The Hall–Kier alpha value is -6.64. The zero-order valence-electron chi connectivity index (χ0n) is 27.3. The van der Waals surface area contributed by atoms with Crippen LogP contribution in [0.15, 0.2) is 188 Å². The smallest absolute Gasteiger partial charge is 0.0632 e. The van der Waals surface area contributed by atoms with Crippen LogP contribution in [-0.4, -0.2) is 4.57 Å². The Bertz CT molecular complexity index is 2870. The molecule has 2 heteroatoms. The second-order valence-electron chi connectivity index (χ2n) is 13.0. The van der Waals surface area contributed by atoms with Gasteiger partial charge >= 0.3 is 0 Å². The van der Waals surface area contributed by atoms with Gasteiger partial charge < -0.3 is 9.88 Å². The lowest BCUT2D eigenvalue weighted by molar-refractivity contribution is 1.19. The van der Waals surface area contributed by atoms with Gasteiger partial charge in [0, 0.05) is 44.2 Å². The van der Waals surface area contributed by atoms with E-state index in [2.05, 4.69) is 198 Å². The van der Waals surface area contributed by atoms with E-state index < -0.39 is 0 Å². The molecular formula is C48H32N2. The molecule has 0 aliphatic carbocycles. The molecule has 0 bridgehead atoms. The van der Waals surface area contributed by atoms with E-state index in [0.717, 1.165) is 22.6 Å². The number of aromatic nitrogens is 1. The Morgan fingerprint density at radius 2 is 0.980 bits per heavy atom. The first kappa shape index (κ1) is 28.4. The van der Waals surface area contributed by atoms with E-state index in [1.165, 1.54) is 70.8 Å². The van der Waals surface area contributed by atoms with Crippen LogP contribution in [0.2, 0.25) is 0 Å². The van der Waals surface area contributed by atoms with Crippen molar-refractivity contribution in [2.45, 2.75) is 0 Å². The van der Waals surface area contributed by atoms with E-state index >= 15 is 0 Å². The van der Waals surface area contributed by atoms with Crippen molar-refractivity contribution in [3.05, 3.63) is 188 Å². The number of nitrogens with zero attached hydrogens (tertiary/aromatic N) is 1. The Balaban J connectivity index is 1.43. The summed E-state index contributed by atoms with van der Waals surface area (Å²) in [5, 5.41) is 13.8. The SMILES string of the molecule is c1ccc(Nc2ccc(-c3ccccc3)cc2-c2cc3ccccc3c3c2c2ccccc2c2c4ccccc4n(-c4ccccc4)c23)cc1. The van der Waals surface area contributed by atoms with Crippen molar-refractivity contribution in [1.29, 1.82) is 0 Å². The molecule has 0 aliphatic heterocycles. The van der Waals surface area contributed by atoms with Gasteiger partial charge in [0.05, 0.1) is 11.0 Å². The van der Waals surface area contributed by atoms with Gasteiger partial charge in [-0.05, 0) is 86.8 Å². The van der Waals surface area contributed by atoms with Gasteiger partial charge in [-0.3, -0.25) is 0 Å². The number of hydrogen-bond donors (Lipinski definition) is 1. The Morgan fingerprint density at radius 3 is 1.74 bits per heavy atom. The van der Waals surface area contributed by atoms with Crippen LogP contribution in [0.4, 0.5) is 11.4 Å². The maximum atomic E-state index is 3.80. The summed E-state index contributed by atoms with van der Waals surface area (Å²) in [6.07, 6.45) is 0.